The Hall–Kier alpha value is -5.49. The van der Waals surface area contributed by atoms with Crippen molar-refractivity contribution in [2.75, 3.05) is 0 Å². The Morgan fingerprint density at radius 1 is 0.375 bits per heavy atom. The summed E-state index contributed by atoms with van der Waals surface area (Å²) in [6.07, 6.45) is 0. The lowest BCUT2D eigenvalue weighted by Crippen LogP contribution is -2.06. The van der Waals surface area contributed by atoms with Gasteiger partial charge in [-0.15, -0.1) is 0 Å². The van der Waals surface area contributed by atoms with E-state index in [4.69, 9.17) is 15.3 Å². The first-order chi connectivity index (χ1) is 23.2. The Labute approximate surface area is 283 Å². The third-order valence-corrected chi connectivity index (χ3v) is 9.19. The molecular formula is C42H42N6. The van der Waals surface area contributed by atoms with Crippen molar-refractivity contribution in [1.29, 1.82) is 0 Å². The number of aromatic nitrogens is 6. The molecular weight excluding hydrogens is 589 g/mol. The van der Waals surface area contributed by atoms with Crippen molar-refractivity contribution in [2.24, 2.45) is 0 Å². The standard InChI is InChI=1S/C42H42N6/c1-28-19-31(4)46(43-28)25-34-13-7-10-16-40(34)37-22-38(41-17-11-8-14-35(41)26-47-32(5)20-29(2)44-47)24-39(23-37)42-18-12-9-15-36(42)27-48-33(6)21-30(3)45-48/h7-24H,25-27H2,1-6H3. The molecule has 6 nitrogen and oxygen atoms in total. The second-order valence-corrected chi connectivity index (χ2v) is 13.0. The van der Waals surface area contributed by atoms with E-state index >= 15 is 0 Å². The van der Waals surface area contributed by atoms with Crippen LogP contribution in [0.25, 0.3) is 33.4 Å². The van der Waals surface area contributed by atoms with Crippen LogP contribution in [0.4, 0.5) is 0 Å². The summed E-state index contributed by atoms with van der Waals surface area (Å²) in [5.74, 6) is 0. The summed E-state index contributed by atoms with van der Waals surface area (Å²) in [6, 6.07) is 39.7. The molecule has 0 aliphatic heterocycles. The van der Waals surface area contributed by atoms with Gasteiger partial charge < -0.3 is 0 Å². The van der Waals surface area contributed by atoms with Crippen LogP contribution in [-0.2, 0) is 19.6 Å². The van der Waals surface area contributed by atoms with Crippen LogP contribution in [0.3, 0.4) is 0 Å². The van der Waals surface area contributed by atoms with Crippen molar-refractivity contribution in [3.63, 3.8) is 0 Å². The minimum Gasteiger partial charge on any atom is -0.265 e. The van der Waals surface area contributed by atoms with E-state index in [1.807, 2.05) is 0 Å². The van der Waals surface area contributed by atoms with Gasteiger partial charge in [0.15, 0.2) is 0 Å². The molecule has 7 aromatic rings. The molecule has 0 radical (unpaired) electrons. The van der Waals surface area contributed by atoms with Crippen LogP contribution in [0, 0.1) is 41.5 Å². The van der Waals surface area contributed by atoms with E-state index in [0.717, 1.165) is 34.2 Å². The Kier molecular flexibility index (Phi) is 8.40. The molecule has 3 heterocycles. The molecule has 0 fully saturated rings. The van der Waals surface area contributed by atoms with Gasteiger partial charge in [-0.25, -0.2) is 0 Å². The molecule has 3 aromatic heterocycles. The normalized spacial score (nSPS) is 11.4. The molecule has 4 aromatic carbocycles. The van der Waals surface area contributed by atoms with Crippen LogP contribution < -0.4 is 0 Å². The summed E-state index contributed by atoms with van der Waals surface area (Å²) in [4.78, 5) is 0. The molecule has 240 valence electrons. The second kappa shape index (κ2) is 13.0. The van der Waals surface area contributed by atoms with Crippen molar-refractivity contribution in [1.82, 2.24) is 29.3 Å². The van der Waals surface area contributed by atoms with Crippen LogP contribution in [0.5, 0.6) is 0 Å². The van der Waals surface area contributed by atoms with Crippen molar-refractivity contribution in [3.8, 4) is 33.4 Å². The molecule has 0 aliphatic rings. The molecule has 7 rings (SSSR count). The number of aryl methyl sites for hydroxylation is 6. The van der Waals surface area contributed by atoms with Gasteiger partial charge in [-0.05, 0) is 128 Å². The molecule has 0 N–H and O–H groups in total. The van der Waals surface area contributed by atoms with E-state index in [-0.39, 0.29) is 0 Å². The highest BCUT2D eigenvalue weighted by Gasteiger charge is 2.16. The Bertz CT molecular complexity index is 1980. The number of benzene rings is 4. The van der Waals surface area contributed by atoms with Crippen LogP contribution in [0.1, 0.15) is 50.9 Å². The first-order valence-corrected chi connectivity index (χ1v) is 16.6. The van der Waals surface area contributed by atoms with Gasteiger partial charge in [-0.2, -0.15) is 15.3 Å². The first kappa shape index (κ1) is 31.1. The third kappa shape index (κ3) is 6.39. The molecule has 48 heavy (non-hydrogen) atoms. The maximum absolute atomic E-state index is 4.79. The zero-order chi connectivity index (χ0) is 33.4. The fourth-order valence-corrected chi connectivity index (χ4v) is 6.90. The zero-order valence-corrected chi connectivity index (χ0v) is 28.7. The van der Waals surface area contributed by atoms with Gasteiger partial charge in [0.05, 0.1) is 36.7 Å². The lowest BCUT2D eigenvalue weighted by molar-refractivity contribution is 0.659. The van der Waals surface area contributed by atoms with Gasteiger partial charge in [0.2, 0.25) is 0 Å². The van der Waals surface area contributed by atoms with Gasteiger partial charge in [-0.3, -0.25) is 14.0 Å². The highest BCUT2D eigenvalue weighted by Crippen LogP contribution is 2.37. The van der Waals surface area contributed by atoms with E-state index in [0.29, 0.717) is 19.6 Å². The van der Waals surface area contributed by atoms with E-state index in [2.05, 4.69) is 165 Å². The maximum atomic E-state index is 4.79. The Morgan fingerprint density at radius 3 is 0.896 bits per heavy atom. The maximum Gasteiger partial charge on any atom is 0.0668 e. The van der Waals surface area contributed by atoms with Crippen LogP contribution in [0.2, 0.25) is 0 Å². The molecule has 0 aliphatic carbocycles. The number of hydrogen-bond acceptors (Lipinski definition) is 3. The molecule has 0 unspecified atom stereocenters. The number of rotatable bonds is 9. The molecule has 0 saturated carbocycles. The molecule has 0 bridgehead atoms. The Morgan fingerprint density at radius 2 is 0.646 bits per heavy atom. The van der Waals surface area contributed by atoms with E-state index in [9.17, 15) is 0 Å². The number of nitrogens with zero attached hydrogens (tertiary/aromatic N) is 6. The van der Waals surface area contributed by atoms with E-state index in [1.165, 1.54) is 50.1 Å². The molecule has 0 spiro atoms. The van der Waals surface area contributed by atoms with E-state index < -0.39 is 0 Å². The Balaban J connectivity index is 1.40. The minimum absolute atomic E-state index is 0.707. The third-order valence-electron chi connectivity index (χ3n) is 9.19. The van der Waals surface area contributed by atoms with Gasteiger partial charge in [0.1, 0.15) is 0 Å². The van der Waals surface area contributed by atoms with Gasteiger partial charge in [-0.1, -0.05) is 72.8 Å². The summed E-state index contributed by atoms with van der Waals surface area (Å²) < 4.78 is 6.31. The predicted molar refractivity (Wildman–Crippen MR) is 195 cm³/mol. The molecule has 0 amide bonds. The largest absolute Gasteiger partial charge is 0.265 e. The SMILES string of the molecule is Cc1cc(C)n(Cc2ccccc2-c2cc(-c3ccccc3Cn3nc(C)cc3C)cc(-c3ccccc3Cn3nc(C)cc3C)c2)n1. The van der Waals surface area contributed by atoms with Crippen molar-refractivity contribution >= 4 is 0 Å². The second-order valence-electron chi connectivity index (χ2n) is 13.0. The van der Waals surface area contributed by atoms with Crippen LogP contribution >= 0.6 is 0 Å². The highest BCUT2D eigenvalue weighted by atomic mass is 15.3. The lowest BCUT2D eigenvalue weighted by Gasteiger charge is -2.18. The lowest BCUT2D eigenvalue weighted by atomic mass is 9.89. The van der Waals surface area contributed by atoms with Crippen LogP contribution in [-0.4, -0.2) is 29.3 Å². The van der Waals surface area contributed by atoms with Gasteiger partial charge in [0, 0.05) is 17.1 Å². The van der Waals surface area contributed by atoms with Gasteiger partial charge in [0.25, 0.3) is 0 Å². The summed E-state index contributed by atoms with van der Waals surface area (Å²) in [7, 11) is 0. The summed E-state index contributed by atoms with van der Waals surface area (Å²) in [5, 5.41) is 14.4. The minimum atomic E-state index is 0.707. The number of hydrogen-bond donors (Lipinski definition) is 0. The summed E-state index contributed by atoms with van der Waals surface area (Å²) in [6.45, 7) is 14.7. The van der Waals surface area contributed by atoms with Gasteiger partial charge >= 0.3 is 0 Å². The summed E-state index contributed by atoms with van der Waals surface area (Å²) in [5.41, 5.74) is 17.5. The average molecular weight is 631 g/mol. The quantitative estimate of drug-likeness (QED) is 0.160. The van der Waals surface area contributed by atoms with Crippen molar-refractivity contribution < 1.29 is 0 Å². The fourth-order valence-electron chi connectivity index (χ4n) is 6.90. The predicted octanol–water partition coefficient (Wildman–Crippen LogP) is 9.27. The molecule has 6 heteroatoms. The highest BCUT2D eigenvalue weighted by molar-refractivity contribution is 5.84. The van der Waals surface area contributed by atoms with Crippen molar-refractivity contribution in [2.45, 2.75) is 61.2 Å². The molecule has 0 atom stereocenters. The molecule has 0 saturated heterocycles. The topological polar surface area (TPSA) is 53.5 Å². The zero-order valence-electron chi connectivity index (χ0n) is 28.7. The summed E-state index contributed by atoms with van der Waals surface area (Å²) >= 11 is 0. The first-order valence-electron chi connectivity index (χ1n) is 16.6. The smallest absolute Gasteiger partial charge is 0.0668 e. The average Bonchev–Trinajstić information content (AvgIpc) is 3.69. The fraction of sp³-hybridized carbons (Fsp3) is 0.214. The van der Waals surface area contributed by atoms with Crippen LogP contribution in [0.15, 0.2) is 109 Å². The van der Waals surface area contributed by atoms with E-state index in [1.54, 1.807) is 0 Å². The monoisotopic (exact) mass is 630 g/mol. The van der Waals surface area contributed by atoms with Crippen molar-refractivity contribution in [3.05, 3.63) is 160 Å².